The minimum Gasteiger partial charge on any atom is -0.371 e. The first-order chi connectivity index (χ1) is 11.0. The number of carbonyl (C=O) groups is 2. The van der Waals surface area contributed by atoms with Crippen LogP contribution >= 0.6 is 11.6 Å². The number of amides is 2. The Morgan fingerprint density at radius 3 is 2.83 bits per heavy atom. The molecule has 126 valence electrons. The lowest BCUT2D eigenvalue weighted by atomic mass is 10.1. The highest BCUT2D eigenvalue weighted by Gasteiger charge is 2.24. The van der Waals surface area contributed by atoms with E-state index in [-0.39, 0.29) is 18.4 Å². The van der Waals surface area contributed by atoms with Crippen molar-refractivity contribution in [2.45, 2.75) is 26.7 Å². The van der Waals surface area contributed by atoms with Crippen LogP contribution in [0.4, 0.5) is 5.69 Å². The maximum Gasteiger partial charge on any atom is 0.239 e. The molecule has 0 saturated carbocycles. The summed E-state index contributed by atoms with van der Waals surface area (Å²) in [5.41, 5.74) is 2.38. The largest absolute Gasteiger partial charge is 0.371 e. The molecule has 2 rings (SSSR count). The van der Waals surface area contributed by atoms with E-state index in [1.54, 1.807) is 6.92 Å². The molecule has 1 aliphatic rings. The normalized spacial score (nSPS) is 17.2. The third kappa shape index (κ3) is 5.13. The predicted octanol–water partition coefficient (Wildman–Crippen LogP) is 2.12. The summed E-state index contributed by atoms with van der Waals surface area (Å²) in [5, 5.41) is 6.22. The van der Waals surface area contributed by atoms with Gasteiger partial charge in [0.1, 0.15) is 0 Å². The third-order valence-electron chi connectivity index (χ3n) is 4.15. The molecule has 0 spiro atoms. The second-order valence-corrected chi connectivity index (χ2v) is 6.40. The second kappa shape index (κ2) is 8.20. The van der Waals surface area contributed by atoms with E-state index in [2.05, 4.69) is 22.5 Å². The summed E-state index contributed by atoms with van der Waals surface area (Å²) in [5.74, 6) is 0.173. The maximum atomic E-state index is 11.7. The number of hydrogen-bond acceptors (Lipinski definition) is 3. The number of aryl methyl sites for hydroxylation is 1. The molecular formula is C17H24ClN3O2. The van der Waals surface area contributed by atoms with Crippen molar-refractivity contribution in [1.29, 1.82) is 0 Å². The smallest absolute Gasteiger partial charge is 0.239 e. The number of rotatable bonds is 6. The Hall–Kier alpha value is -1.75. The number of halogens is 1. The topological polar surface area (TPSA) is 61.4 Å². The van der Waals surface area contributed by atoms with Gasteiger partial charge in [-0.25, -0.2) is 0 Å². The van der Waals surface area contributed by atoms with Gasteiger partial charge in [-0.1, -0.05) is 24.6 Å². The van der Waals surface area contributed by atoms with E-state index in [4.69, 9.17) is 11.6 Å². The lowest BCUT2D eigenvalue weighted by Crippen LogP contribution is -2.39. The second-order valence-electron chi connectivity index (χ2n) is 5.97. The fraction of sp³-hybridized carbons (Fsp3) is 0.529. The molecular weight excluding hydrogens is 314 g/mol. The van der Waals surface area contributed by atoms with Crippen molar-refractivity contribution in [2.75, 3.05) is 31.1 Å². The average molecular weight is 338 g/mol. The molecule has 23 heavy (non-hydrogen) atoms. The summed E-state index contributed by atoms with van der Waals surface area (Å²) < 4.78 is 0. The van der Waals surface area contributed by atoms with Crippen LogP contribution in [0.5, 0.6) is 0 Å². The van der Waals surface area contributed by atoms with Gasteiger partial charge in [0.15, 0.2) is 0 Å². The number of benzene rings is 1. The predicted molar refractivity (Wildman–Crippen MR) is 92.8 cm³/mol. The van der Waals surface area contributed by atoms with Crippen molar-refractivity contribution in [1.82, 2.24) is 10.6 Å². The van der Waals surface area contributed by atoms with Crippen LogP contribution in [-0.4, -0.2) is 38.0 Å². The Kier molecular flexibility index (Phi) is 6.28. The molecule has 0 unspecified atom stereocenters. The molecule has 2 N–H and O–H groups in total. The zero-order valence-electron chi connectivity index (χ0n) is 13.7. The van der Waals surface area contributed by atoms with Gasteiger partial charge in [0, 0.05) is 36.8 Å². The molecule has 1 atom stereocenters. The van der Waals surface area contributed by atoms with Gasteiger partial charge in [0.25, 0.3) is 0 Å². The highest BCUT2D eigenvalue weighted by Crippen LogP contribution is 2.29. The summed E-state index contributed by atoms with van der Waals surface area (Å²) >= 11 is 6.09. The molecule has 6 heteroatoms. The summed E-state index contributed by atoms with van der Waals surface area (Å²) in [6, 6.07) is 5.93. The summed E-state index contributed by atoms with van der Waals surface area (Å²) in [6.07, 6.45) is 1.43. The van der Waals surface area contributed by atoms with E-state index < -0.39 is 0 Å². The molecule has 5 nitrogen and oxygen atoms in total. The van der Waals surface area contributed by atoms with Crippen molar-refractivity contribution in [2.24, 2.45) is 5.92 Å². The van der Waals surface area contributed by atoms with Gasteiger partial charge < -0.3 is 15.5 Å². The number of anilines is 1. The fourth-order valence-electron chi connectivity index (χ4n) is 2.77. The molecule has 1 aromatic carbocycles. The summed E-state index contributed by atoms with van der Waals surface area (Å²) in [4.78, 5) is 25.2. The quantitative estimate of drug-likeness (QED) is 0.836. The van der Waals surface area contributed by atoms with Crippen molar-refractivity contribution in [3.63, 3.8) is 0 Å². The SMILES string of the molecule is CCC(=O)NCC(=O)NC[C@H]1CCN(c2cc(Cl)ccc2C)C1. The first-order valence-electron chi connectivity index (χ1n) is 8.04. The van der Waals surface area contributed by atoms with Crippen LogP contribution in [0.2, 0.25) is 5.02 Å². The Bertz CT molecular complexity index is 577. The molecule has 1 aliphatic heterocycles. The van der Waals surface area contributed by atoms with E-state index in [0.29, 0.717) is 18.9 Å². The van der Waals surface area contributed by atoms with Gasteiger partial charge in [0.2, 0.25) is 11.8 Å². The van der Waals surface area contributed by atoms with Crippen molar-refractivity contribution >= 4 is 29.1 Å². The molecule has 2 amide bonds. The summed E-state index contributed by atoms with van der Waals surface area (Å²) in [6.45, 7) is 6.40. The van der Waals surface area contributed by atoms with E-state index in [1.165, 1.54) is 11.3 Å². The summed E-state index contributed by atoms with van der Waals surface area (Å²) in [7, 11) is 0. The van der Waals surface area contributed by atoms with Gasteiger partial charge in [-0.3, -0.25) is 9.59 Å². The van der Waals surface area contributed by atoms with Crippen LogP contribution in [0.15, 0.2) is 18.2 Å². The van der Waals surface area contributed by atoms with Crippen molar-refractivity contribution < 1.29 is 9.59 Å². The van der Waals surface area contributed by atoms with Gasteiger partial charge in [-0.15, -0.1) is 0 Å². The molecule has 1 aromatic rings. The number of hydrogen-bond donors (Lipinski definition) is 2. The van der Waals surface area contributed by atoms with E-state index in [9.17, 15) is 9.59 Å². The van der Waals surface area contributed by atoms with Crippen molar-refractivity contribution in [3.8, 4) is 0 Å². The van der Waals surface area contributed by atoms with Crippen LogP contribution in [-0.2, 0) is 9.59 Å². The first-order valence-corrected chi connectivity index (χ1v) is 8.42. The van der Waals surface area contributed by atoms with Gasteiger partial charge in [-0.05, 0) is 37.0 Å². The van der Waals surface area contributed by atoms with Crippen molar-refractivity contribution in [3.05, 3.63) is 28.8 Å². The maximum absolute atomic E-state index is 11.7. The Labute approximate surface area is 142 Å². The third-order valence-corrected chi connectivity index (χ3v) is 4.39. The number of nitrogens with one attached hydrogen (secondary N) is 2. The fourth-order valence-corrected chi connectivity index (χ4v) is 2.93. The molecule has 1 heterocycles. The van der Waals surface area contributed by atoms with Gasteiger partial charge in [-0.2, -0.15) is 0 Å². The molecule has 1 saturated heterocycles. The van der Waals surface area contributed by atoms with Crippen LogP contribution in [0.1, 0.15) is 25.3 Å². The van der Waals surface area contributed by atoms with Gasteiger partial charge >= 0.3 is 0 Å². The van der Waals surface area contributed by atoms with Crippen LogP contribution in [0.3, 0.4) is 0 Å². The average Bonchev–Trinajstić information content (AvgIpc) is 3.01. The zero-order chi connectivity index (χ0) is 16.8. The van der Waals surface area contributed by atoms with E-state index >= 15 is 0 Å². The zero-order valence-corrected chi connectivity index (χ0v) is 14.4. The molecule has 0 aliphatic carbocycles. The Balaban J connectivity index is 1.78. The molecule has 0 aromatic heterocycles. The standard InChI is InChI=1S/C17H24ClN3O2/c1-3-16(22)20-10-17(23)19-9-13-6-7-21(11-13)15-8-14(18)5-4-12(15)2/h4-5,8,13H,3,6-7,9-11H2,1-2H3,(H,19,23)(H,20,22)/t13-/m1/s1. The Morgan fingerprint density at radius 1 is 1.30 bits per heavy atom. The number of carbonyl (C=O) groups excluding carboxylic acids is 2. The molecule has 1 fully saturated rings. The molecule has 0 radical (unpaired) electrons. The lowest BCUT2D eigenvalue weighted by molar-refractivity contribution is -0.126. The van der Waals surface area contributed by atoms with Crippen LogP contribution in [0.25, 0.3) is 0 Å². The van der Waals surface area contributed by atoms with E-state index in [0.717, 1.165) is 24.5 Å². The molecule has 0 bridgehead atoms. The highest BCUT2D eigenvalue weighted by molar-refractivity contribution is 6.30. The lowest BCUT2D eigenvalue weighted by Gasteiger charge is -2.21. The number of nitrogens with zero attached hydrogens (tertiary/aromatic N) is 1. The minimum atomic E-state index is -0.135. The Morgan fingerprint density at radius 2 is 2.09 bits per heavy atom. The highest BCUT2D eigenvalue weighted by atomic mass is 35.5. The minimum absolute atomic E-state index is 0.0521. The van der Waals surface area contributed by atoms with E-state index in [1.807, 2.05) is 18.2 Å². The van der Waals surface area contributed by atoms with Gasteiger partial charge in [0.05, 0.1) is 6.54 Å². The van der Waals surface area contributed by atoms with Crippen LogP contribution < -0.4 is 15.5 Å². The monoisotopic (exact) mass is 337 g/mol. The first kappa shape index (κ1) is 17.6. The van der Waals surface area contributed by atoms with Crippen LogP contribution in [0, 0.1) is 12.8 Å².